The van der Waals surface area contributed by atoms with Crippen LogP contribution in [-0.4, -0.2) is 39.5 Å². The number of aryl methyl sites for hydroxylation is 1. The average molecular weight is 404 g/mol. The van der Waals surface area contributed by atoms with Gasteiger partial charge in [-0.15, -0.1) is 12.4 Å². The van der Waals surface area contributed by atoms with Crippen molar-refractivity contribution in [3.63, 3.8) is 0 Å². The summed E-state index contributed by atoms with van der Waals surface area (Å²) in [5, 5.41) is 3.72. The largest absolute Gasteiger partial charge is 0.486 e. The van der Waals surface area contributed by atoms with E-state index in [1.807, 2.05) is 0 Å². The Kier molecular flexibility index (Phi) is 7.60. The number of fused-ring (bicyclic) bond motifs is 1. The fourth-order valence-electron chi connectivity index (χ4n) is 4.09. The molecule has 0 aromatic heterocycles. The first kappa shape index (κ1) is 21.0. The molecule has 5 heteroatoms. The van der Waals surface area contributed by atoms with Crippen LogP contribution in [-0.2, 0) is 16.6 Å². The number of benzene rings is 2. The second kappa shape index (κ2) is 10.1. The van der Waals surface area contributed by atoms with Crippen LogP contribution in [0.5, 0.6) is 11.5 Å². The van der Waals surface area contributed by atoms with Gasteiger partial charge in [0.25, 0.3) is 0 Å². The van der Waals surface area contributed by atoms with Gasteiger partial charge < -0.3 is 19.5 Å². The molecule has 0 spiro atoms. The second-order valence-electron chi connectivity index (χ2n) is 7.52. The summed E-state index contributed by atoms with van der Waals surface area (Å²) in [5.41, 5.74) is 2.86. The van der Waals surface area contributed by atoms with Gasteiger partial charge in [-0.2, -0.15) is 0 Å². The van der Waals surface area contributed by atoms with Gasteiger partial charge in [0, 0.05) is 25.2 Å². The van der Waals surface area contributed by atoms with E-state index in [9.17, 15) is 0 Å². The van der Waals surface area contributed by atoms with Crippen LogP contribution in [0.3, 0.4) is 0 Å². The van der Waals surface area contributed by atoms with Crippen LogP contribution in [0, 0.1) is 0 Å². The van der Waals surface area contributed by atoms with E-state index >= 15 is 0 Å². The first-order valence-electron chi connectivity index (χ1n) is 10.1. The predicted molar refractivity (Wildman–Crippen MR) is 114 cm³/mol. The second-order valence-corrected chi connectivity index (χ2v) is 7.52. The Labute approximate surface area is 174 Å². The van der Waals surface area contributed by atoms with Gasteiger partial charge in [0.2, 0.25) is 0 Å². The predicted octanol–water partition coefficient (Wildman–Crippen LogP) is 4.15. The number of hydrogen-bond acceptors (Lipinski definition) is 4. The maximum Gasteiger partial charge on any atom is 0.161 e. The fourth-order valence-corrected chi connectivity index (χ4v) is 4.09. The van der Waals surface area contributed by atoms with Crippen LogP contribution in [0.1, 0.15) is 30.4 Å². The molecule has 0 saturated carbocycles. The van der Waals surface area contributed by atoms with Crippen molar-refractivity contribution in [2.24, 2.45) is 0 Å². The van der Waals surface area contributed by atoms with Gasteiger partial charge in [0.05, 0.1) is 0 Å². The van der Waals surface area contributed by atoms with Crippen LogP contribution >= 0.6 is 12.4 Å². The molecule has 0 unspecified atom stereocenters. The van der Waals surface area contributed by atoms with Gasteiger partial charge in [-0.25, -0.2) is 0 Å². The Balaban J connectivity index is 0.00000225. The molecule has 1 N–H and O–H groups in total. The van der Waals surface area contributed by atoms with Crippen molar-refractivity contribution in [1.82, 2.24) is 5.32 Å². The van der Waals surface area contributed by atoms with Crippen molar-refractivity contribution in [1.29, 1.82) is 0 Å². The Morgan fingerprint density at radius 1 is 0.857 bits per heavy atom. The lowest BCUT2D eigenvalue weighted by Crippen LogP contribution is -2.43. The van der Waals surface area contributed by atoms with Crippen LogP contribution < -0.4 is 14.8 Å². The van der Waals surface area contributed by atoms with Crippen molar-refractivity contribution < 1.29 is 14.2 Å². The zero-order valence-corrected chi connectivity index (χ0v) is 17.1. The third-order valence-corrected chi connectivity index (χ3v) is 5.73. The van der Waals surface area contributed by atoms with E-state index in [-0.39, 0.29) is 17.8 Å². The van der Waals surface area contributed by atoms with Gasteiger partial charge in [0.15, 0.2) is 11.5 Å². The zero-order valence-electron chi connectivity index (χ0n) is 16.3. The van der Waals surface area contributed by atoms with Gasteiger partial charge in [-0.1, -0.05) is 36.4 Å². The van der Waals surface area contributed by atoms with Crippen LogP contribution in [0.25, 0.3) is 0 Å². The van der Waals surface area contributed by atoms with E-state index in [2.05, 4.69) is 53.8 Å². The topological polar surface area (TPSA) is 39.7 Å². The summed E-state index contributed by atoms with van der Waals surface area (Å²) in [4.78, 5) is 0. The summed E-state index contributed by atoms with van der Waals surface area (Å²) in [7, 11) is 0. The van der Waals surface area contributed by atoms with E-state index in [4.69, 9.17) is 14.2 Å². The first-order valence-corrected chi connectivity index (χ1v) is 10.1. The minimum atomic E-state index is 0. The number of halogens is 1. The van der Waals surface area contributed by atoms with Crippen LogP contribution in [0.4, 0.5) is 0 Å². The lowest BCUT2D eigenvalue weighted by Gasteiger charge is -2.38. The van der Waals surface area contributed by atoms with Gasteiger partial charge >= 0.3 is 0 Å². The monoisotopic (exact) mass is 403 g/mol. The highest BCUT2D eigenvalue weighted by Gasteiger charge is 2.35. The molecule has 0 amide bonds. The quantitative estimate of drug-likeness (QED) is 0.705. The highest BCUT2D eigenvalue weighted by atomic mass is 35.5. The molecule has 1 saturated heterocycles. The van der Waals surface area contributed by atoms with Crippen LogP contribution in [0.15, 0.2) is 48.5 Å². The minimum Gasteiger partial charge on any atom is -0.486 e. The fraction of sp³-hybridized carbons (Fsp3) is 0.478. The van der Waals surface area contributed by atoms with E-state index in [0.29, 0.717) is 13.2 Å². The lowest BCUT2D eigenvalue weighted by molar-refractivity contribution is 0.0497. The molecule has 2 aliphatic rings. The molecule has 1 fully saturated rings. The summed E-state index contributed by atoms with van der Waals surface area (Å²) in [5.74, 6) is 1.75. The SMILES string of the molecule is Cl.c1ccc(CCCNCC2(c3ccc4c(c3)OCCO4)CCOCC2)cc1. The zero-order chi connectivity index (χ0) is 18.4. The summed E-state index contributed by atoms with van der Waals surface area (Å²) < 4.78 is 17.2. The Morgan fingerprint density at radius 3 is 2.39 bits per heavy atom. The maximum absolute atomic E-state index is 5.82. The molecule has 152 valence electrons. The van der Waals surface area contributed by atoms with Crippen molar-refractivity contribution in [2.75, 3.05) is 39.5 Å². The van der Waals surface area contributed by atoms with E-state index in [1.54, 1.807) is 0 Å². The van der Waals surface area contributed by atoms with Crippen molar-refractivity contribution in [3.05, 3.63) is 59.7 Å². The highest BCUT2D eigenvalue weighted by molar-refractivity contribution is 5.85. The lowest BCUT2D eigenvalue weighted by atomic mass is 9.74. The highest BCUT2D eigenvalue weighted by Crippen LogP contribution is 2.39. The summed E-state index contributed by atoms with van der Waals surface area (Å²) in [6.45, 7) is 4.91. The Bertz CT molecular complexity index is 732. The average Bonchev–Trinajstić information content (AvgIpc) is 2.74. The molecular formula is C23H30ClNO3. The van der Waals surface area contributed by atoms with E-state index < -0.39 is 0 Å². The third-order valence-electron chi connectivity index (χ3n) is 5.73. The number of rotatable bonds is 7. The molecule has 2 heterocycles. The molecule has 0 bridgehead atoms. The normalized spacial score (nSPS) is 17.6. The van der Waals surface area contributed by atoms with Crippen molar-refractivity contribution >= 4 is 12.4 Å². The summed E-state index contributed by atoms with van der Waals surface area (Å²) in [6.07, 6.45) is 4.35. The molecule has 2 aromatic rings. The molecule has 4 rings (SSSR count). The van der Waals surface area contributed by atoms with Crippen molar-refractivity contribution in [2.45, 2.75) is 31.1 Å². The maximum atomic E-state index is 5.82. The smallest absolute Gasteiger partial charge is 0.161 e. The van der Waals surface area contributed by atoms with Crippen molar-refractivity contribution in [3.8, 4) is 11.5 Å². The standard InChI is InChI=1S/C23H29NO3.ClH/c1-2-5-19(6-3-1)7-4-12-24-18-23(10-13-25-14-11-23)20-8-9-21-22(17-20)27-16-15-26-21;/h1-3,5-6,8-9,17,24H,4,7,10-16,18H2;1H. The third kappa shape index (κ3) is 4.99. The molecule has 0 atom stereocenters. The molecule has 28 heavy (non-hydrogen) atoms. The van der Waals surface area contributed by atoms with Gasteiger partial charge in [-0.05, 0) is 55.5 Å². The minimum absolute atomic E-state index is 0. The van der Waals surface area contributed by atoms with E-state index in [0.717, 1.165) is 63.5 Å². The summed E-state index contributed by atoms with van der Waals surface area (Å²) >= 11 is 0. The molecule has 4 nitrogen and oxygen atoms in total. The molecule has 2 aromatic carbocycles. The van der Waals surface area contributed by atoms with E-state index in [1.165, 1.54) is 11.1 Å². The molecular weight excluding hydrogens is 374 g/mol. The summed E-state index contributed by atoms with van der Waals surface area (Å²) in [6, 6.07) is 17.2. The molecule has 0 aliphatic carbocycles. The van der Waals surface area contributed by atoms with Crippen LogP contribution in [0.2, 0.25) is 0 Å². The Hall–Kier alpha value is -1.75. The van der Waals surface area contributed by atoms with Gasteiger partial charge in [-0.3, -0.25) is 0 Å². The first-order chi connectivity index (χ1) is 13.4. The number of hydrogen-bond donors (Lipinski definition) is 1. The number of nitrogens with one attached hydrogen (secondary N) is 1. The Morgan fingerprint density at radius 2 is 1.61 bits per heavy atom. The van der Waals surface area contributed by atoms with Gasteiger partial charge in [0.1, 0.15) is 13.2 Å². The number of ether oxygens (including phenoxy) is 3. The molecule has 0 radical (unpaired) electrons. The molecule has 2 aliphatic heterocycles.